The summed E-state index contributed by atoms with van der Waals surface area (Å²) in [6.07, 6.45) is 1.48. The molecule has 5 rings (SSSR count). The Bertz CT molecular complexity index is 960. The van der Waals surface area contributed by atoms with E-state index in [-0.39, 0.29) is 48.0 Å². The minimum absolute atomic E-state index is 0.0300. The summed E-state index contributed by atoms with van der Waals surface area (Å²) < 4.78 is 21.3. The molecule has 1 saturated carbocycles. The van der Waals surface area contributed by atoms with Crippen molar-refractivity contribution in [3.8, 4) is 0 Å². The molecule has 7 N–H and O–H groups in total. The van der Waals surface area contributed by atoms with Gasteiger partial charge in [0.25, 0.3) is 0 Å². The molecule has 0 bridgehead atoms. The molecule has 4 saturated heterocycles. The van der Waals surface area contributed by atoms with Crippen molar-refractivity contribution >= 4 is 17.5 Å². The summed E-state index contributed by atoms with van der Waals surface area (Å²) in [7, 11) is 0. The van der Waals surface area contributed by atoms with E-state index in [0.717, 1.165) is 71.4 Å². The number of piperidine rings is 2. The van der Waals surface area contributed by atoms with E-state index in [4.69, 9.17) is 21.4 Å². The Morgan fingerprint density at radius 2 is 1.62 bits per heavy atom. The number of nitrogens with one attached hydrogen (secondary N) is 2. The number of halogens is 2. The Labute approximate surface area is 283 Å². The second kappa shape index (κ2) is 17.5. The first-order valence-electron chi connectivity index (χ1n) is 18.0. The molecular formula is C33H59ClFN5O7. The third-order valence-corrected chi connectivity index (χ3v) is 11.9. The number of aliphatic hydroxyl groups is 5. The fourth-order valence-electron chi connectivity index (χ4n) is 8.39. The van der Waals surface area contributed by atoms with Crippen LogP contribution in [0.25, 0.3) is 0 Å². The largest absolute Gasteiger partial charge is 0.394 e. The van der Waals surface area contributed by atoms with E-state index < -0.39 is 37.2 Å². The minimum Gasteiger partial charge on any atom is -0.394 e. The first-order valence-corrected chi connectivity index (χ1v) is 18.4. The highest BCUT2D eigenvalue weighted by Gasteiger charge is 2.47. The number of ether oxygens (including phenoxy) is 1. The molecule has 47 heavy (non-hydrogen) atoms. The number of hydrogen-bond acceptors (Lipinski definition) is 11. The lowest BCUT2D eigenvalue weighted by Crippen LogP contribution is -2.63. The summed E-state index contributed by atoms with van der Waals surface area (Å²) in [5.74, 6) is 0.490. The van der Waals surface area contributed by atoms with Gasteiger partial charge < -0.3 is 35.2 Å². The lowest BCUT2D eigenvalue weighted by Gasteiger charge is -2.54. The molecule has 14 heteroatoms. The van der Waals surface area contributed by atoms with Gasteiger partial charge >= 0.3 is 0 Å². The maximum Gasteiger partial charge on any atom is 0.222 e. The average molecular weight is 692 g/mol. The standard InChI is InChI=1S/C33H59ClFN5O7/c34-24-16-36-32(37-17-24)40-9-5-22(6-10-40)2-1-13-47-25-4-3-23(26(35)15-25)14-29(44)39-11-7-33(8-12-39)20-38(21-33)18-27(42)30(45)31(46)28(43)19-41/h22-28,30-32,36-37,41-43,45-46H,1-21H2/t23?,24?,25?,26?,27-,28+,30+,31+,32?/m0/s1. The lowest BCUT2D eigenvalue weighted by atomic mass is 9.71. The van der Waals surface area contributed by atoms with Crippen molar-refractivity contribution in [2.75, 3.05) is 72.1 Å². The average Bonchev–Trinajstić information content (AvgIpc) is 3.07. The van der Waals surface area contributed by atoms with Crippen molar-refractivity contribution in [3.63, 3.8) is 0 Å². The number of alkyl halides is 2. The highest BCUT2D eigenvalue weighted by atomic mass is 35.5. The zero-order valence-corrected chi connectivity index (χ0v) is 28.5. The Balaban J connectivity index is 0.909. The van der Waals surface area contributed by atoms with E-state index in [1.807, 2.05) is 9.80 Å². The van der Waals surface area contributed by atoms with Crippen LogP contribution in [0.4, 0.5) is 4.39 Å². The molecular weight excluding hydrogens is 633 g/mol. The van der Waals surface area contributed by atoms with E-state index in [9.17, 15) is 25.2 Å². The summed E-state index contributed by atoms with van der Waals surface area (Å²) in [5.41, 5.74) is 0.0544. The molecule has 1 aliphatic carbocycles. The number of carbonyl (C=O) groups is 1. The zero-order chi connectivity index (χ0) is 33.6. The molecule has 4 aliphatic heterocycles. The Hall–Kier alpha value is -0.710. The molecule has 0 radical (unpaired) electrons. The Kier molecular flexibility index (Phi) is 14.0. The molecule has 5 fully saturated rings. The van der Waals surface area contributed by atoms with Crippen LogP contribution in [0, 0.1) is 17.3 Å². The summed E-state index contributed by atoms with van der Waals surface area (Å²) in [6.45, 7) is 6.67. The van der Waals surface area contributed by atoms with E-state index >= 15 is 4.39 Å². The molecule has 7 atom stereocenters. The molecule has 0 aromatic rings. The van der Waals surface area contributed by atoms with Crippen molar-refractivity contribution in [1.82, 2.24) is 25.3 Å². The molecule has 0 aromatic heterocycles. The molecule has 1 spiro atoms. The number of nitrogens with zero attached hydrogens (tertiary/aromatic N) is 3. The maximum absolute atomic E-state index is 15.2. The van der Waals surface area contributed by atoms with Crippen molar-refractivity contribution in [2.45, 2.75) is 113 Å². The van der Waals surface area contributed by atoms with Crippen LogP contribution in [0.15, 0.2) is 0 Å². The van der Waals surface area contributed by atoms with E-state index in [2.05, 4.69) is 15.5 Å². The summed E-state index contributed by atoms with van der Waals surface area (Å²) in [6, 6.07) is 0. The van der Waals surface area contributed by atoms with Gasteiger partial charge in [-0.1, -0.05) is 0 Å². The molecule has 12 nitrogen and oxygen atoms in total. The monoisotopic (exact) mass is 691 g/mol. The van der Waals surface area contributed by atoms with Gasteiger partial charge in [-0.2, -0.15) is 0 Å². The minimum atomic E-state index is -1.63. The van der Waals surface area contributed by atoms with Gasteiger partial charge in [-0.25, -0.2) is 4.39 Å². The van der Waals surface area contributed by atoms with Gasteiger partial charge in [0.1, 0.15) is 30.8 Å². The van der Waals surface area contributed by atoms with E-state index in [1.165, 1.54) is 12.8 Å². The molecule has 0 aromatic carbocycles. The van der Waals surface area contributed by atoms with Crippen LogP contribution in [0.1, 0.15) is 64.2 Å². The van der Waals surface area contributed by atoms with Crippen molar-refractivity contribution in [2.24, 2.45) is 17.3 Å². The molecule has 1 amide bonds. The topological polar surface area (TPSA) is 161 Å². The van der Waals surface area contributed by atoms with Crippen LogP contribution >= 0.6 is 11.6 Å². The van der Waals surface area contributed by atoms with Gasteiger partial charge in [-0.05, 0) is 68.6 Å². The third kappa shape index (κ3) is 10.2. The number of amides is 1. The number of likely N-dealkylation sites (tertiary alicyclic amines) is 3. The zero-order valence-electron chi connectivity index (χ0n) is 27.8. The highest BCUT2D eigenvalue weighted by Crippen LogP contribution is 2.41. The SMILES string of the molecule is O=C(CC1CCC(OCCCC2CCN(C3NCC(Cl)CN3)CC2)CC1F)N1CCC2(CC1)CN(C[C@H](O)[C@@H](O)[C@H](O)[C@H](O)CO)C2. The predicted octanol–water partition coefficient (Wildman–Crippen LogP) is -0.164. The number of rotatable bonds is 14. The van der Waals surface area contributed by atoms with Crippen LogP contribution in [-0.2, 0) is 9.53 Å². The second-order valence-electron chi connectivity index (χ2n) is 15.1. The number of aliphatic hydroxyl groups excluding tert-OH is 5. The lowest BCUT2D eigenvalue weighted by molar-refractivity contribution is -0.143. The molecule has 3 unspecified atom stereocenters. The maximum atomic E-state index is 15.2. The summed E-state index contributed by atoms with van der Waals surface area (Å²) >= 11 is 6.17. The van der Waals surface area contributed by atoms with Gasteiger partial charge in [-0.3, -0.25) is 25.2 Å². The van der Waals surface area contributed by atoms with Gasteiger partial charge in [0.15, 0.2) is 0 Å². The highest BCUT2D eigenvalue weighted by molar-refractivity contribution is 6.21. The van der Waals surface area contributed by atoms with Crippen LogP contribution in [-0.4, -0.2) is 167 Å². The van der Waals surface area contributed by atoms with Crippen LogP contribution in [0.2, 0.25) is 0 Å². The van der Waals surface area contributed by atoms with Crippen LogP contribution in [0.3, 0.4) is 0 Å². The van der Waals surface area contributed by atoms with Gasteiger partial charge in [0, 0.05) is 78.4 Å². The molecule has 4 heterocycles. The van der Waals surface area contributed by atoms with Gasteiger partial charge in [-0.15, -0.1) is 11.6 Å². The molecule has 272 valence electrons. The first-order chi connectivity index (χ1) is 22.6. The fraction of sp³-hybridized carbons (Fsp3) is 0.970. The smallest absolute Gasteiger partial charge is 0.222 e. The number of hydrogen-bond donors (Lipinski definition) is 7. The summed E-state index contributed by atoms with van der Waals surface area (Å²) in [4.78, 5) is 19.4. The quantitative estimate of drug-likeness (QED) is 0.0958. The molecule has 5 aliphatic rings. The Morgan fingerprint density at radius 1 is 0.957 bits per heavy atom. The Morgan fingerprint density at radius 3 is 2.26 bits per heavy atom. The van der Waals surface area contributed by atoms with Crippen LogP contribution in [0.5, 0.6) is 0 Å². The first kappa shape index (κ1) is 37.5. The second-order valence-corrected chi connectivity index (χ2v) is 15.7. The summed E-state index contributed by atoms with van der Waals surface area (Å²) in [5, 5.41) is 55.8. The van der Waals surface area contributed by atoms with Crippen molar-refractivity contribution < 1.29 is 39.5 Å². The van der Waals surface area contributed by atoms with Crippen molar-refractivity contribution in [3.05, 3.63) is 0 Å². The number of carbonyl (C=O) groups excluding carboxylic acids is 1. The van der Waals surface area contributed by atoms with Gasteiger partial charge in [0.05, 0.1) is 24.2 Å². The number of β-amino-alcohol motifs (C(OH)–C–C–N with tert-alkyl or cyclic N) is 1. The fourth-order valence-corrected chi connectivity index (χ4v) is 8.57. The normalized spacial score (nSPS) is 33.7. The predicted molar refractivity (Wildman–Crippen MR) is 175 cm³/mol. The van der Waals surface area contributed by atoms with E-state index in [1.54, 1.807) is 0 Å². The van der Waals surface area contributed by atoms with Crippen molar-refractivity contribution in [1.29, 1.82) is 0 Å². The van der Waals surface area contributed by atoms with E-state index in [0.29, 0.717) is 38.5 Å². The van der Waals surface area contributed by atoms with Crippen LogP contribution < -0.4 is 10.6 Å². The van der Waals surface area contributed by atoms with Gasteiger partial charge in [0.2, 0.25) is 5.91 Å². The third-order valence-electron chi connectivity index (χ3n) is 11.6.